The van der Waals surface area contributed by atoms with E-state index in [4.69, 9.17) is 30.3 Å². The number of ether oxygens (including phenoxy) is 3. The Kier molecular flexibility index (Phi) is 10.2. The Hall–Kier alpha value is -6.40. The number of aliphatic carboxylic acids is 1. The number of aryl methyl sites for hydroxylation is 1. The Balaban J connectivity index is 0.000000186. The second-order valence-electron chi connectivity index (χ2n) is 16.4. The summed E-state index contributed by atoms with van der Waals surface area (Å²) in [5, 5.41) is 54.0. The molecule has 0 bridgehead atoms. The number of aromatic nitrogens is 1. The van der Waals surface area contributed by atoms with Crippen LogP contribution in [0.15, 0.2) is 34.5 Å². The van der Waals surface area contributed by atoms with Gasteiger partial charge in [-0.1, -0.05) is 30.5 Å². The Labute approximate surface area is 338 Å². The van der Waals surface area contributed by atoms with Gasteiger partial charge in [0.25, 0.3) is 0 Å². The molecule has 2 aromatic carbocycles. The molecular weight excluding hydrogens is 766 g/mol. The van der Waals surface area contributed by atoms with E-state index in [1.165, 1.54) is 25.8 Å². The summed E-state index contributed by atoms with van der Waals surface area (Å²) >= 11 is 0. The highest BCUT2D eigenvalue weighted by Crippen LogP contribution is 2.67. The molecule has 0 amide bonds. The maximum absolute atomic E-state index is 12.9. The lowest BCUT2D eigenvalue weighted by Gasteiger charge is -2.58. The average molecular weight is 810 g/mol. The van der Waals surface area contributed by atoms with E-state index in [9.17, 15) is 44.4 Å². The molecule has 3 fully saturated rings. The van der Waals surface area contributed by atoms with E-state index in [0.717, 1.165) is 50.4 Å². The van der Waals surface area contributed by atoms with E-state index in [-0.39, 0.29) is 39.6 Å². The van der Waals surface area contributed by atoms with Gasteiger partial charge in [0.15, 0.2) is 29.3 Å². The minimum Gasteiger partial charge on any atom is -0.507 e. The van der Waals surface area contributed by atoms with Crippen molar-refractivity contribution in [1.82, 2.24) is 5.16 Å². The van der Waals surface area contributed by atoms with Crippen LogP contribution >= 0.6 is 0 Å². The number of aromatic hydroxyl groups is 2. The summed E-state index contributed by atoms with van der Waals surface area (Å²) in [7, 11) is 0. The van der Waals surface area contributed by atoms with Crippen LogP contribution in [0.2, 0.25) is 0 Å². The molecule has 59 heavy (non-hydrogen) atoms. The first kappa shape index (κ1) is 40.8. The maximum Gasteiger partial charge on any atom is 0.347 e. The van der Waals surface area contributed by atoms with Gasteiger partial charge in [-0.3, -0.25) is 4.79 Å². The first-order valence-corrected chi connectivity index (χ1v) is 19.1. The van der Waals surface area contributed by atoms with E-state index in [0.29, 0.717) is 29.9 Å². The lowest BCUT2D eigenvalue weighted by Crippen LogP contribution is -2.54. The van der Waals surface area contributed by atoms with E-state index in [1.807, 2.05) is 6.20 Å². The molecule has 15 nitrogen and oxygen atoms in total. The van der Waals surface area contributed by atoms with E-state index < -0.39 is 75.8 Å². The number of benzene rings is 2. The van der Waals surface area contributed by atoms with Crippen LogP contribution < -0.4 is 9.47 Å². The summed E-state index contributed by atoms with van der Waals surface area (Å²) in [6.07, 6.45) is 18.7. The minimum absolute atomic E-state index is 0.114. The molecule has 3 saturated carbocycles. The summed E-state index contributed by atoms with van der Waals surface area (Å²) in [5.74, 6) is -2.27. The van der Waals surface area contributed by atoms with Crippen molar-refractivity contribution in [3.8, 4) is 41.1 Å². The molecule has 15 heteroatoms. The number of carboxylic acids is 2. The summed E-state index contributed by atoms with van der Waals surface area (Å²) in [6, 6.07) is 1.13. The van der Waals surface area contributed by atoms with Crippen molar-refractivity contribution in [1.29, 1.82) is 0 Å². The highest BCUT2D eigenvalue weighted by molar-refractivity contribution is 6.03. The third-order valence-electron chi connectivity index (χ3n) is 13.5. The van der Waals surface area contributed by atoms with Crippen molar-refractivity contribution in [2.45, 2.75) is 84.8 Å². The molecule has 308 valence electrons. The van der Waals surface area contributed by atoms with Crippen LogP contribution in [-0.4, -0.2) is 66.5 Å². The van der Waals surface area contributed by atoms with Gasteiger partial charge in [0.1, 0.15) is 34.8 Å². The number of hydrogen-bond donors (Lipinski definition) is 5. The number of aliphatic hydroxyl groups is 1. The quantitative estimate of drug-likeness (QED) is 0.0591. The van der Waals surface area contributed by atoms with Gasteiger partial charge in [-0.15, -0.1) is 6.42 Å². The number of carbonyl (C=O) groups is 5. The number of aromatic carboxylic acids is 1. The number of carbonyl (C=O) groups excluding carboxylic acids is 3. The van der Waals surface area contributed by atoms with Gasteiger partial charge in [-0.25, -0.2) is 19.2 Å². The Bertz CT molecular complexity index is 2430. The number of carboxylic acid groups (broad SMARTS) is 2. The van der Waals surface area contributed by atoms with Crippen molar-refractivity contribution in [3.63, 3.8) is 0 Å². The smallest absolute Gasteiger partial charge is 0.347 e. The summed E-state index contributed by atoms with van der Waals surface area (Å²) in [5.41, 5.74) is 0.188. The number of terminal acetylenes is 1. The lowest BCUT2D eigenvalue weighted by atomic mass is 9.46. The average Bonchev–Trinajstić information content (AvgIpc) is 3.69. The van der Waals surface area contributed by atoms with E-state index >= 15 is 0 Å². The highest BCUT2D eigenvalue weighted by Gasteiger charge is 2.63. The maximum atomic E-state index is 12.9. The molecule has 5 aliphatic rings. The molecular formula is C44H43NO14. The number of phenols is 2. The fraction of sp³-hybridized carbons (Fsp3) is 0.409. The Morgan fingerprint density at radius 3 is 2.44 bits per heavy atom. The first-order valence-electron chi connectivity index (χ1n) is 19.1. The summed E-state index contributed by atoms with van der Waals surface area (Å²) < 4.78 is 21.3. The lowest BCUT2D eigenvalue weighted by molar-refractivity contribution is -0.139. The zero-order chi connectivity index (χ0) is 42.8. The molecule has 2 heterocycles. The van der Waals surface area contributed by atoms with Gasteiger partial charge < -0.3 is 44.3 Å². The zero-order valence-electron chi connectivity index (χ0n) is 32.8. The van der Waals surface area contributed by atoms with Gasteiger partial charge in [0, 0.05) is 28.7 Å². The van der Waals surface area contributed by atoms with Crippen LogP contribution in [0.25, 0.3) is 6.08 Å². The second kappa shape index (κ2) is 14.8. The number of rotatable bonds is 6. The van der Waals surface area contributed by atoms with Crippen LogP contribution in [0.4, 0.5) is 0 Å². The van der Waals surface area contributed by atoms with Crippen molar-refractivity contribution in [2.75, 3.05) is 0 Å². The largest absolute Gasteiger partial charge is 0.507 e. The molecule has 0 radical (unpaired) electrons. The fourth-order valence-corrected chi connectivity index (χ4v) is 10.5. The molecule has 4 aliphatic carbocycles. The van der Waals surface area contributed by atoms with Crippen LogP contribution in [0, 0.1) is 54.8 Å². The molecule has 0 saturated heterocycles. The first-order chi connectivity index (χ1) is 27.9. The minimum atomic E-state index is -1.60. The predicted octanol–water partition coefficient (Wildman–Crippen LogP) is 6.46. The van der Waals surface area contributed by atoms with Gasteiger partial charge in [-0.05, 0) is 99.7 Å². The fourth-order valence-electron chi connectivity index (χ4n) is 10.5. The number of phenolic OH excluding ortho intramolecular Hbond substituents is 1. The van der Waals surface area contributed by atoms with Gasteiger partial charge in [0.2, 0.25) is 0 Å². The topological polar surface area (TPSA) is 240 Å². The molecule has 6 atom stereocenters. The number of fused-ring (bicyclic) bond motifs is 8. The second-order valence-corrected chi connectivity index (χ2v) is 16.4. The van der Waals surface area contributed by atoms with Crippen molar-refractivity contribution < 1.29 is 68.2 Å². The van der Waals surface area contributed by atoms with E-state index in [1.54, 1.807) is 5.57 Å². The molecule has 6 unspecified atom stereocenters. The molecule has 5 N–H and O–H groups in total. The number of aldehydes is 1. The number of hydrogen-bond acceptors (Lipinski definition) is 13. The van der Waals surface area contributed by atoms with Crippen LogP contribution in [-0.2, 0) is 27.4 Å². The monoisotopic (exact) mass is 809 g/mol. The van der Waals surface area contributed by atoms with Crippen LogP contribution in [0.5, 0.6) is 28.7 Å². The molecule has 1 aliphatic heterocycles. The molecule has 8 rings (SSSR count). The standard InChI is InChI=1S/C22H27NO2.C22H16O12/c1-4-22(24)10-8-18-16-6-5-15-11-19-14(13-23-25-19)12-20(15,2)17(16)7-9-21(18,22)3;1-8-5-12(24)10(6-23)19-15(8)22(31)34-20-11(7-32-14(27)4-3-13(25)26)17(28)16(21(29)30)9(2)18(20)33-19/h1,11,13,16-18,24H,5-10,12H2,2-3H3;3-6,24,28H,7H2,1-2H3,(H,25,26)(H,29,30). The van der Waals surface area contributed by atoms with Gasteiger partial charge in [0.05, 0.1) is 17.3 Å². The van der Waals surface area contributed by atoms with Crippen LogP contribution in [0.3, 0.4) is 0 Å². The van der Waals surface area contributed by atoms with Crippen molar-refractivity contribution in [3.05, 3.63) is 74.7 Å². The molecule has 3 aromatic rings. The molecule has 0 spiro atoms. The number of esters is 2. The highest BCUT2D eigenvalue weighted by atomic mass is 16.6. The number of nitrogens with zero attached hydrogens (tertiary/aromatic N) is 1. The van der Waals surface area contributed by atoms with Crippen molar-refractivity contribution in [2.24, 2.45) is 28.6 Å². The Morgan fingerprint density at radius 1 is 1.03 bits per heavy atom. The number of allylic oxidation sites excluding steroid dienone is 1. The van der Waals surface area contributed by atoms with Gasteiger partial charge >= 0.3 is 23.9 Å². The Morgan fingerprint density at radius 2 is 1.76 bits per heavy atom. The third-order valence-corrected chi connectivity index (χ3v) is 13.5. The van der Waals surface area contributed by atoms with E-state index in [2.05, 4.69) is 31.0 Å². The normalized spacial score (nSPS) is 27.2. The third kappa shape index (κ3) is 6.51. The zero-order valence-corrected chi connectivity index (χ0v) is 32.8. The summed E-state index contributed by atoms with van der Waals surface area (Å²) in [6.45, 7) is 6.54. The predicted molar refractivity (Wildman–Crippen MR) is 206 cm³/mol. The van der Waals surface area contributed by atoms with Crippen LogP contribution in [0.1, 0.15) is 111 Å². The van der Waals surface area contributed by atoms with Crippen molar-refractivity contribution >= 4 is 36.2 Å². The molecule has 1 aromatic heterocycles. The summed E-state index contributed by atoms with van der Waals surface area (Å²) in [4.78, 5) is 58.6. The SMILES string of the molecule is C#CC1(O)CCC2C3CCC4=Cc5oncc5CC4(C)C3CCC21C.Cc1cc(O)c(C=O)c2c1C(=O)Oc1c(COC(=O)C=CC(=O)O)c(O)c(C(=O)O)c(C)c1O2. The van der Waals surface area contributed by atoms with Gasteiger partial charge in [-0.2, -0.15) is 0 Å².